The molecule has 0 saturated carbocycles. The van der Waals surface area contributed by atoms with Crippen LogP contribution in [0.4, 0.5) is 0 Å². The zero-order valence-electron chi connectivity index (χ0n) is 15.6. The minimum Gasteiger partial charge on any atom is -0.468 e. The van der Waals surface area contributed by atoms with Gasteiger partial charge in [-0.15, -0.1) is 24.2 Å². The van der Waals surface area contributed by atoms with Gasteiger partial charge in [0.15, 0.2) is 5.41 Å². The lowest BCUT2D eigenvalue weighted by atomic mass is 9.78. The highest BCUT2D eigenvalue weighted by molar-refractivity contribution is 6.00. The molecule has 0 atom stereocenters. The number of methoxy groups -OCH3 is 2. The zero-order valence-corrected chi connectivity index (χ0v) is 15.6. The van der Waals surface area contributed by atoms with Gasteiger partial charge in [-0.1, -0.05) is 19.9 Å². The van der Waals surface area contributed by atoms with E-state index < -0.39 is 17.4 Å². The van der Waals surface area contributed by atoms with Crippen LogP contribution in [-0.4, -0.2) is 26.2 Å². The number of hydrogen-bond donors (Lipinski definition) is 0. The first-order chi connectivity index (χ1) is 11.2. The Bertz CT molecular complexity index is 577. The lowest BCUT2D eigenvalue weighted by Gasteiger charge is -2.26. The Morgan fingerprint density at radius 1 is 1.17 bits per heavy atom. The average Bonchev–Trinajstić information content (AvgIpc) is 2.55. The lowest BCUT2D eigenvalue weighted by Crippen LogP contribution is -2.41. The normalized spacial score (nSPS) is 10.6. The molecule has 0 N–H and O–H groups in total. The van der Waals surface area contributed by atoms with E-state index in [0.717, 1.165) is 12.0 Å². The second-order valence-electron chi connectivity index (χ2n) is 6.40. The predicted octanol–water partition coefficient (Wildman–Crippen LogP) is 3.83. The van der Waals surface area contributed by atoms with Gasteiger partial charge in [0, 0.05) is 12.8 Å². The second-order valence-corrected chi connectivity index (χ2v) is 6.40. The molecule has 0 aliphatic heterocycles. The van der Waals surface area contributed by atoms with Gasteiger partial charge in [-0.3, -0.25) is 9.59 Å². The maximum absolute atomic E-state index is 12.3. The summed E-state index contributed by atoms with van der Waals surface area (Å²) in [6.07, 6.45) is 4.75. The van der Waals surface area contributed by atoms with E-state index in [0.29, 0.717) is 0 Å². The molecule has 0 amide bonds. The molecule has 4 heteroatoms. The van der Waals surface area contributed by atoms with Gasteiger partial charge in [-0.2, -0.15) is 0 Å². The largest absolute Gasteiger partial charge is 0.468 e. The van der Waals surface area contributed by atoms with Gasteiger partial charge in [-0.25, -0.2) is 0 Å². The highest BCUT2D eigenvalue weighted by Crippen LogP contribution is 2.33. The molecule has 0 heterocycles. The molecule has 0 fully saturated rings. The summed E-state index contributed by atoms with van der Waals surface area (Å²) in [5.41, 5.74) is 2.35. The Balaban J connectivity index is 5.86. The number of ether oxygens (including phenoxy) is 2. The Morgan fingerprint density at radius 3 is 2.12 bits per heavy atom. The molecule has 0 radical (unpaired) electrons. The predicted molar refractivity (Wildman–Crippen MR) is 95.0 cm³/mol. The summed E-state index contributed by atoms with van der Waals surface area (Å²) in [6.45, 7) is 11.3. The topological polar surface area (TPSA) is 52.6 Å². The van der Waals surface area contributed by atoms with Crippen LogP contribution in [0.3, 0.4) is 0 Å². The number of carbonyl (C=O) groups is 2. The molecule has 0 aliphatic rings. The summed E-state index contributed by atoms with van der Waals surface area (Å²) in [5.74, 6) is 4.22. The van der Waals surface area contributed by atoms with Crippen LogP contribution in [0.5, 0.6) is 0 Å². The molecule has 0 saturated heterocycles. The molecule has 132 valence electrons. The maximum Gasteiger partial charge on any atom is 0.324 e. The van der Waals surface area contributed by atoms with Crippen molar-refractivity contribution in [2.75, 3.05) is 14.2 Å². The van der Waals surface area contributed by atoms with Crippen LogP contribution in [0.15, 0.2) is 30.0 Å². The smallest absolute Gasteiger partial charge is 0.324 e. The zero-order chi connectivity index (χ0) is 18.8. The third-order valence-corrected chi connectivity index (χ3v) is 3.67. The van der Waals surface area contributed by atoms with Gasteiger partial charge in [0.2, 0.25) is 0 Å². The highest BCUT2D eigenvalue weighted by Gasteiger charge is 2.48. The van der Waals surface area contributed by atoms with E-state index in [4.69, 9.17) is 9.47 Å². The maximum atomic E-state index is 12.3. The molecule has 0 spiro atoms. The van der Waals surface area contributed by atoms with Crippen LogP contribution in [0.25, 0.3) is 0 Å². The van der Waals surface area contributed by atoms with Crippen molar-refractivity contribution in [3.63, 3.8) is 0 Å². The standard InChI is InChI=1S/C20H28O4/c1-8-10-13-20(17(21)23-6,18(22)24-7)15-16(3)11-14-19(4,5)12-9-2/h9,14H,2,12-13,15H2,1,3-7H3. The summed E-state index contributed by atoms with van der Waals surface area (Å²) < 4.78 is 9.70. The van der Waals surface area contributed by atoms with E-state index in [-0.39, 0.29) is 18.3 Å². The molecule has 0 rings (SSSR count). The number of allylic oxidation sites excluding steroid dienone is 2. The summed E-state index contributed by atoms with van der Waals surface area (Å²) in [7, 11) is 2.50. The van der Waals surface area contributed by atoms with Crippen LogP contribution < -0.4 is 0 Å². The third-order valence-electron chi connectivity index (χ3n) is 3.67. The number of rotatable bonds is 8. The van der Waals surface area contributed by atoms with Crippen LogP contribution in [-0.2, 0) is 19.1 Å². The fraction of sp³-hybridized carbons (Fsp3) is 0.550. The van der Waals surface area contributed by atoms with Crippen molar-refractivity contribution < 1.29 is 19.1 Å². The van der Waals surface area contributed by atoms with Gasteiger partial charge in [0.05, 0.1) is 14.2 Å². The van der Waals surface area contributed by atoms with Gasteiger partial charge in [0.1, 0.15) is 0 Å². The molecule has 0 aromatic carbocycles. The van der Waals surface area contributed by atoms with Crippen LogP contribution >= 0.6 is 0 Å². The number of carbonyl (C=O) groups excluding carboxylic acids is 2. The van der Waals surface area contributed by atoms with E-state index in [9.17, 15) is 9.59 Å². The monoisotopic (exact) mass is 332 g/mol. The lowest BCUT2D eigenvalue weighted by molar-refractivity contribution is -0.168. The van der Waals surface area contributed by atoms with Gasteiger partial charge in [0.25, 0.3) is 0 Å². The molecular weight excluding hydrogens is 304 g/mol. The van der Waals surface area contributed by atoms with Crippen molar-refractivity contribution in [1.29, 1.82) is 0 Å². The molecule has 24 heavy (non-hydrogen) atoms. The third kappa shape index (κ3) is 6.10. The molecular formula is C20H28O4. The van der Waals surface area contributed by atoms with E-state index >= 15 is 0 Å². The van der Waals surface area contributed by atoms with Crippen LogP contribution in [0, 0.1) is 22.7 Å². The number of esters is 2. The molecule has 0 aliphatic carbocycles. The second kappa shape index (κ2) is 9.80. The van der Waals surface area contributed by atoms with Crippen LogP contribution in [0.2, 0.25) is 0 Å². The Kier molecular flexibility index (Phi) is 8.89. The Labute approximate surface area is 145 Å². The Morgan fingerprint density at radius 2 is 1.71 bits per heavy atom. The first-order valence-corrected chi connectivity index (χ1v) is 7.79. The molecule has 0 aromatic rings. The molecule has 4 nitrogen and oxygen atoms in total. The van der Waals surface area contributed by atoms with Gasteiger partial charge in [-0.05, 0) is 37.3 Å². The SMILES string of the molecule is C=CCC(C)(C)C=C=C(C)CC(CC#CC)(C(=O)OC)C(=O)OC. The van der Waals surface area contributed by atoms with E-state index in [1.807, 2.05) is 19.1 Å². The number of hydrogen-bond acceptors (Lipinski definition) is 4. The Hall–Kier alpha value is -2.24. The van der Waals surface area contributed by atoms with Crippen molar-refractivity contribution in [2.24, 2.45) is 10.8 Å². The molecule has 0 unspecified atom stereocenters. The first-order valence-electron chi connectivity index (χ1n) is 7.79. The fourth-order valence-electron chi connectivity index (χ4n) is 2.32. The van der Waals surface area contributed by atoms with Crippen molar-refractivity contribution in [3.8, 4) is 11.8 Å². The summed E-state index contributed by atoms with van der Waals surface area (Å²) in [5, 5.41) is 0. The van der Waals surface area contributed by atoms with Crippen molar-refractivity contribution >= 4 is 11.9 Å². The van der Waals surface area contributed by atoms with Crippen molar-refractivity contribution in [3.05, 3.63) is 30.0 Å². The summed E-state index contributed by atoms with van der Waals surface area (Å²) >= 11 is 0. The van der Waals surface area contributed by atoms with Crippen molar-refractivity contribution in [2.45, 2.75) is 47.0 Å². The highest BCUT2D eigenvalue weighted by atomic mass is 16.5. The minimum absolute atomic E-state index is 0.0396. The minimum atomic E-state index is -1.47. The average molecular weight is 332 g/mol. The molecule has 0 bridgehead atoms. The quantitative estimate of drug-likeness (QED) is 0.223. The van der Waals surface area contributed by atoms with Crippen LogP contribution in [0.1, 0.15) is 47.0 Å². The fourth-order valence-corrected chi connectivity index (χ4v) is 2.32. The first kappa shape index (κ1) is 21.8. The summed E-state index contributed by atoms with van der Waals surface area (Å²) in [4.78, 5) is 24.6. The van der Waals surface area contributed by atoms with Gasteiger partial charge >= 0.3 is 11.9 Å². The summed E-state index contributed by atoms with van der Waals surface area (Å²) in [6, 6.07) is 0. The van der Waals surface area contributed by atoms with E-state index in [1.165, 1.54) is 14.2 Å². The van der Waals surface area contributed by atoms with E-state index in [2.05, 4.69) is 38.0 Å². The van der Waals surface area contributed by atoms with Crippen molar-refractivity contribution in [1.82, 2.24) is 0 Å². The molecule has 0 aromatic heterocycles. The van der Waals surface area contributed by atoms with E-state index in [1.54, 1.807) is 6.92 Å². The van der Waals surface area contributed by atoms with Gasteiger partial charge < -0.3 is 9.47 Å².